The van der Waals surface area contributed by atoms with Crippen LogP contribution in [0, 0.1) is 40.4 Å². The van der Waals surface area contributed by atoms with Crippen LogP contribution in [-0.4, -0.2) is 0 Å². The molecule has 14 heavy (non-hydrogen) atoms. The van der Waals surface area contributed by atoms with E-state index in [1.807, 2.05) is 0 Å². The van der Waals surface area contributed by atoms with Crippen LogP contribution in [0.5, 0.6) is 0 Å². The highest BCUT2D eigenvalue weighted by atomic mass is 14.6. The van der Waals surface area contributed by atoms with Crippen LogP contribution in [0.2, 0.25) is 0 Å². The van der Waals surface area contributed by atoms with Crippen molar-refractivity contribution in [2.75, 3.05) is 0 Å². The van der Waals surface area contributed by atoms with Gasteiger partial charge in [0.2, 0.25) is 0 Å². The summed E-state index contributed by atoms with van der Waals surface area (Å²) < 4.78 is 0. The van der Waals surface area contributed by atoms with E-state index in [1.54, 1.807) is 0 Å². The molecule has 0 aromatic heterocycles. The van der Waals surface area contributed by atoms with Crippen LogP contribution < -0.4 is 0 Å². The Balaban J connectivity index is 1.91. The third-order valence-electron chi connectivity index (χ3n) is 5.46. The van der Waals surface area contributed by atoms with Gasteiger partial charge in [-0.1, -0.05) is 6.92 Å². The first kappa shape index (κ1) is 8.77. The molecule has 0 radical (unpaired) electrons. The smallest absolute Gasteiger partial charge is 0.0627 e. The minimum atomic E-state index is 0.391. The van der Waals surface area contributed by atoms with Crippen LogP contribution in [0.3, 0.4) is 0 Å². The maximum absolute atomic E-state index is 8.97. The summed E-state index contributed by atoms with van der Waals surface area (Å²) in [5.41, 5.74) is 0.391. The van der Waals surface area contributed by atoms with Crippen molar-refractivity contribution in [1.82, 2.24) is 0 Å². The highest BCUT2D eigenvalue weighted by Crippen LogP contribution is 2.63. The largest absolute Gasteiger partial charge is 0.198 e. The second-order valence-corrected chi connectivity index (χ2v) is 6.15. The van der Waals surface area contributed by atoms with E-state index in [2.05, 4.69) is 13.0 Å². The van der Waals surface area contributed by atoms with Crippen LogP contribution >= 0.6 is 0 Å². The lowest BCUT2D eigenvalue weighted by Gasteiger charge is -2.59. The third kappa shape index (κ3) is 1.00. The standard InChI is InChI=1S/C13H19N/c1-13(2-3-14)11-5-9-4-10(7-11)8-12(13)6-9/h9-12H,2,4-8H2,1H3. The summed E-state index contributed by atoms with van der Waals surface area (Å²) in [6.45, 7) is 2.39. The molecule has 4 saturated carbocycles. The molecule has 0 spiro atoms. The fraction of sp³-hybridized carbons (Fsp3) is 0.923. The van der Waals surface area contributed by atoms with Gasteiger partial charge in [0.1, 0.15) is 0 Å². The van der Waals surface area contributed by atoms with Gasteiger partial charge in [0.05, 0.1) is 6.07 Å². The molecule has 0 aromatic rings. The van der Waals surface area contributed by atoms with Crippen molar-refractivity contribution < 1.29 is 0 Å². The van der Waals surface area contributed by atoms with Crippen molar-refractivity contribution >= 4 is 0 Å². The van der Waals surface area contributed by atoms with Crippen molar-refractivity contribution in [1.29, 1.82) is 5.26 Å². The lowest BCUT2D eigenvalue weighted by molar-refractivity contribution is -0.0956. The Hall–Kier alpha value is -0.510. The molecule has 0 unspecified atom stereocenters. The zero-order valence-corrected chi connectivity index (χ0v) is 9.00. The molecule has 0 heterocycles. The zero-order valence-electron chi connectivity index (χ0n) is 9.00. The Morgan fingerprint density at radius 2 is 1.57 bits per heavy atom. The lowest BCUT2D eigenvalue weighted by atomic mass is 9.45. The minimum Gasteiger partial charge on any atom is -0.198 e. The molecule has 0 atom stereocenters. The van der Waals surface area contributed by atoms with Crippen LogP contribution in [0.4, 0.5) is 0 Å². The van der Waals surface area contributed by atoms with Crippen LogP contribution in [0.25, 0.3) is 0 Å². The van der Waals surface area contributed by atoms with Gasteiger partial charge >= 0.3 is 0 Å². The molecule has 0 saturated heterocycles. The molecule has 0 N–H and O–H groups in total. The predicted octanol–water partition coefficient (Wildman–Crippen LogP) is 3.36. The molecule has 4 aliphatic carbocycles. The maximum atomic E-state index is 8.97. The molecule has 0 aliphatic heterocycles. The van der Waals surface area contributed by atoms with Crippen molar-refractivity contribution in [3.8, 4) is 6.07 Å². The predicted molar refractivity (Wildman–Crippen MR) is 55.4 cm³/mol. The first-order valence-corrected chi connectivity index (χ1v) is 6.09. The van der Waals surface area contributed by atoms with Gasteiger partial charge in [0.15, 0.2) is 0 Å². The number of nitrogens with zero attached hydrogens (tertiary/aromatic N) is 1. The summed E-state index contributed by atoms with van der Waals surface area (Å²) in [5.74, 6) is 3.84. The monoisotopic (exact) mass is 189 g/mol. The Kier molecular flexibility index (Phi) is 1.72. The van der Waals surface area contributed by atoms with Gasteiger partial charge < -0.3 is 0 Å². The molecule has 4 fully saturated rings. The second kappa shape index (κ2) is 2.75. The number of hydrogen-bond acceptors (Lipinski definition) is 1. The van der Waals surface area contributed by atoms with E-state index in [1.165, 1.54) is 32.1 Å². The average molecular weight is 189 g/mol. The summed E-state index contributed by atoms with van der Waals surface area (Å²) in [6.07, 6.45) is 8.06. The van der Waals surface area contributed by atoms with Gasteiger partial charge in [-0.2, -0.15) is 5.26 Å². The van der Waals surface area contributed by atoms with Gasteiger partial charge in [0, 0.05) is 6.42 Å². The number of hydrogen-bond donors (Lipinski definition) is 0. The Labute approximate surface area is 86.5 Å². The Morgan fingerprint density at radius 3 is 2.00 bits per heavy atom. The van der Waals surface area contributed by atoms with E-state index in [0.29, 0.717) is 5.41 Å². The molecule has 4 rings (SSSR count). The molecule has 1 heteroatoms. The Bertz CT molecular complexity index is 258. The fourth-order valence-corrected chi connectivity index (χ4v) is 4.72. The fourth-order valence-electron chi connectivity index (χ4n) is 4.72. The summed E-state index contributed by atoms with van der Waals surface area (Å²) in [6, 6.07) is 2.44. The van der Waals surface area contributed by atoms with Gasteiger partial charge in [-0.25, -0.2) is 0 Å². The zero-order chi connectivity index (χ0) is 9.76. The first-order valence-electron chi connectivity index (χ1n) is 6.09. The molecule has 1 nitrogen and oxygen atoms in total. The van der Waals surface area contributed by atoms with Crippen LogP contribution in [0.1, 0.15) is 45.4 Å². The number of rotatable bonds is 1. The quantitative estimate of drug-likeness (QED) is 0.620. The normalized spacial score (nSPS) is 54.6. The molecule has 4 bridgehead atoms. The topological polar surface area (TPSA) is 23.8 Å². The number of nitriles is 1. The molecule has 4 aliphatic rings. The minimum absolute atomic E-state index is 0.391. The average Bonchev–Trinajstić information content (AvgIpc) is 2.14. The van der Waals surface area contributed by atoms with E-state index >= 15 is 0 Å². The van der Waals surface area contributed by atoms with Crippen molar-refractivity contribution in [2.24, 2.45) is 29.1 Å². The van der Waals surface area contributed by atoms with E-state index in [0.717, 1.165) is 30.1 Å². The Morgan fingerprint density at radius 1 is 1.07 bits per heavy atom. The molecular weight excluding hydrogens is 170 g/mol. The van der Waals surface area contributed by atoms with Crippen molar-refractivity contribution in [3.05, 3.63) is 0 Å². The maximum Gasteiger partial charge on any atom is 0.0627 e. The van der Waals surface area contributed by atoms with E-state index in [4.69, 9.17) is 5.26 Å². The van der Waals surface area contributed by atoms with Crippen molar-refractivity contribution in [2.45, 2.75) is 45.4 Å². The van der Waals surface area contributed by atoms with Crippen LogP contribution in [0.15, 0.2) is 0 Å². The molecule has 76 valence electrons. The van der Waals surface area contributed by atoms with E-state index in [-0.39, 0.29) is 0 Å². The third-order valence-corrected chi connectivity index (χ3v) is 5.46. The van der Waals surface area contributed by atoms with Gasteiger partial charge in [-0.15, -0.1) is 0 Å². The summed E-state index contributed by atoms with van der Waals surface area (Å²) in [4.78, 5) is 0. The van der Waals surface area contributed by atoms with Crippen LogP contribution in [-0.2, 0) is 0 Å². The first-order chi connectivity index (χ1) is 6.72. The van der Waals surface area contributed by atoms with Gasteiger partial charge in [0.25, 0.3) is 0 Å². The highest BCUT2D eigenvalue weighted by Gasteiger charge is 2.54. The summed E-state index contributed by atoms with van der Waals surface area (Å²) in [7, 11) is 0. The SMILES string of the molecule is CC1(CC#N)C2CC3CC(C2)CC1C3. The van der Waals surface area contributed by atoms with E-state index in [9.17, 15) is 0 Å². The summed E-state index contributed by atoms with van der Waals surface area (Å²) >= 11 is 0. The highest BCUT2D eigenvalue weighted by molar-refractivity contribution is 5.06. The molecule has 0 amide bonds. The second-order valence-electron chi connectivity index (χ2n) is 6.15. The van der Waals surface area contributed by atoms with Gasteiger partial charge in [-0.05, 0) is 61.2 Å². The molecule has 0 aromatic carbocycles. The van der Waals surface area contributed by atoms with Crippen molar-refractivity contribution in [3.63, 3.8) is 0 Å². The lowest BCUT2D eigenvalue weighted by Crippen LogP contribution is -2.51. The van der Waals surface area contributed by atoms with Gasteiger partial charge in [-0.3, -0.25) is 0 Å². The molecular formula is C13H19N. The van der Waals surface area contributed by atoms with E-state index < -0.39 is 0 Å². The summed E-state index contributed by atoms with van der Waals surface area (Å²) in [5, 5.41) is 8.97.